The fraction of sp³-hybridized carbons (Fsp3) is 0.733. The summed E-state index contributed by atoms with van der Waals surface area (Å²) in [6, 6.07) is 0. The Morgan fingerprint density at radius 2 is 1.65 bits per heavy atom. The van der Waals surface area contributed by atoms with E-state index in [0.717, 1.165) is 50.5 Å². The van der Waals surface area contributed by atoms with Crippen molar-refractivity contribution < 1.29 is 5.11 Å². The van der Waals surface area contributed by atoms with Crippen molar-refractivity contribution >= 4 is 5.82 Å². The third kappa shape index (κ3) is 2.94. The van der Waals surface area contributed by atoms with E-state index in [1.165, 1.54) is 12.8 Å². The van der Waals surface area contributed by atoms with Crippen LogP contribution in [0, 0.1) is 0 Å². The molecule has 3 rings (SSSR count). The van der Waals surface area contributed by atoms with E-state index in [1.54, 1.807) is 6.20 Å². The van der Waals surface area contributed by atoms with Crippen LogP contribution in [0.25, 0.3) is 0 Å². The van der Waals surface area contributed by atoms with Crippen molar-refractivity contribution in [2.24, 2.45) is 0 Å². The molecule has 0 aliphatic carbocycles. The number of hydrogen-bond donors (Lipinski definition) is 1. The van der Waals surface area contributed by atoms with Crippen LogP contribution in [0.15, 0.2) is 12.4 Å². The molecule has 2 fully saturated rings. The van der Waals surface area contributed by atoms with E-state index in [1.807, 2.05) is 6.20 Å². The van der Waals surface area contributed by atoms with E-state index in [0.29, 0.717) is 5.92 Å². The highest BCUT2D eigenvalue weighted by atomic mass is 16.3. The molecule has 1 aromatic heterocycles. The summed E-state index contributed by atoms with van der Waals surface area (Å²) in [5.41, 5.74) is 1.16. The summed E-state index contributed by atoms with van der Waals surface area (Å²) in [5, 5.41) is 9.65. The lowest BCUT2D eigenvalue weighted by Crippen LogP contribution is -2.38. The van der Waals surface area contributed by atoms with Crippen LogP contribution >= 0.6 is 0 Å². The van der Waals surface area contributed by atoms with Crippen LogP contribution in [0.5, 0.6) is 0 Å². The zero-order valence-corrected chi connectivity index (χ0v) is 12.2. The first-order chi connectivity index (χ1) is 9.74. The molecular formula is C15H24N4O. The van der Waals surface area contributed by atoms with Crippen molar-refractivity contribution in [1.82, 2.24) is 14.9 Å². The van der Waals surface area contributed by atoms with Gasteiger partial charge >= 0.3 is 0 Å². The van der Waals surface area contributed by atoms with Crippen LogP contribution in [-0.4, -0.2) is 59.3 Å². The van der Waals surface area contributed by atoms with E-state index in [9.17, 15) is 5.11 Å². The molecule has 0 bridgehead atoms. The summed E-state index contributed by atoms with van der Waals surface area (Å²) < 4.78 is 0. The summed E-state index contributed by atoms with van der Waals surface area (Å²) in [5.74, 6) is 1.58. The van der Waals surface area contributed by atoms with E-state index < -0.39 is 0 Å². The normalized spacial score (nSPS) is 23.2. The zero-order valence-electron chi connectivity index (χ0n) is 12.2. The van der Waals surface area contributed by atoms with E-state index in [2.05, 4.69) is 26.8 Å². The highest BCUT2D eigenvalue weighted by Crippen LogP contribution is 2.32. The van der Waals surface area contributed by atoms with Gasteiger partial charge in [0.25, 0.3) is 0 Å². The fourth-order valence-corrected chi connectivity index (χ4v) is 3.23. The quantitative estimate of drug-likeness (QED) is 0.881. The number of aliphatic hydroxyl groups is 1. The number of aliphatic hydroxyl groups excluding tert-OH is 1. The molecule has 0 radical (unpaired) electrons. The van der Waals surface area contributed by atoms with Crippen LogP contribution in [0.4, 0.5) is 5.82 Å². The third-order valence-electron chi connectivity index (χ3n) is 4.58. The van der Waals surface area contributed by atoms with Gasteiger partial charge < -0.3 is 14.9 Å². The van der Waals surface area contributed by atoms with Gasteiger partial charge in [-0.05, 0) is 45.8 Å². The number of likely N-dealkylation sites (tertiary alicyclic amines) is 1. The second kappa shape index (κ2) is 6.06. The van der Waals surface area contributed by atoms with Crippen LogP contribution < -0.4 is 4.90 Å². The molecule has 1 aromatic rings. The number of rotatable bonds is 2. The molecule has 20 heavy (non-hydrogen) atoms. The van der Waals surface area contributed by atoms with Crippen molar-refractivity contribution in [2.75, 3.05) is 38.1 Å². The van der Waals surface area contributed by atoms with Gasteiger partial charge in [-0.3, -0.25) is 4.98 Å². The van der Waals surface area contributed by atoms with Gasteiger partial charge in [-0.25, -0.2) is 4.98 Å². The van der Waals surface area contributed by atoms with Gasteiger partial charge in [-0.15, -0.1) is 0 Å². The number of piperidine rings is 2. The molecule has 5 nitrogen and oxygen atoms in total. The minimum Gasteiger partial charge on any atom is -0.393 e. The first-order valence-electron chi connectivity index (χ1n) is 7.66. The molecule has 2 aliphatic rings. The van der Waals surface area contributed by atoms with Gasteiger partial charge in [0, 0.05) is 31.4 Å². The number of nitrogens with zero attached hydrogens (tertiary/aromatic N) is 4. The van der Waals surface area contributed by atoms with Crippen molar-refractivity contribution in [2.45, 2.75) is 37.7 Å². The predicted octanol–water partition coefficient (Wildman–Crippen LogP) is 1.25. The summed E-state index contributed by atoms with van der Waals surface area (Å²) in [6.45, 7) is 4.05. The van der Waals surface area contributed by atoms with Gasteiger partial charge in [0.15, 0.2) is 5.82 Å². The molecule has 0 atom stereocenters. The SMILES string of the molecule is CN1CCC(c2nccnc2N2CCC(O)CC2)CC1. The van der Waals surface area contributed by atoms with E-state index in [4.69, 9.17) is 0 Å². The Hall–Kier alpha value is -1.20. The monoisotopic (exact) mass is 276 g/mol. The highest BCUT2D eigenvalue weighted by Gasteiger charge is 2.26. The Morgan fingerprint density at radius 1 is 1.00 bits per heavy atom. The van der Waals surface area contributed by atoms with Gasteiger partial charge in [0.05, 0.1) is 11.8 Å². The van der Waals surface area contributed by atoms with Gasteiger partial charge in [0.2, 0.25) is 0 Å². The van der Waals surface area contributed by atoms with Gasteiger partial charge in [-0.2, -0.15) is 0 Å². The van der Waals surface area contributed by atoms with Crippen molar-refractivity contribution in [3.8, 4) is 0 Å². The van der Waals surface area contributed by atoms with Crippen LogP contribution in [0.3, 0.4) is 0 Å². The highest BCUT2D eigenvalue weighted by molar-refractivity contribution is 5.45. The Balaban J connectivity index is 1.77. The summed E-state index contributed by atoms with van der Waals surface area (Å²) >= 11 is 0. The average molecular weight is 276 g/mol. The average Bonchev–Trinajstić information content (AvgIpc) is 2.49. The van der Waals surface area contributed by atoms with Crippen molar-refractivity contribution in [1.29, 1.82) is 0 Å². The molecule has 0 aromatic carbocycles. The Bertz CT molecular complexity index is 396. The summed E-state index contributed by atoms with van der Waals surface area (Å²) in [6.07, 6.45) is 7.47. The van der Waals surface area contributed by atoms with Gasteiger partial charge in [0.1, 0.15) is 0 Å². The standard InChI is InChI=1S/C15H24N4O/c1-18-8-2-12(3-9-18)14-15(17-7-6-16-14)19-10-4-13(20)5-11-19/h6-7,12-13,20H,2-5,8-11H2,1H3. The van der Waals surface area contributed by atoms with Crippen LogP contribution in [0.1, 0.15) is 37.3 Å². The number of aromatic nitrogens is 2. The molecule has 3 heterocycles. The maximum Gasteiger partial charge on any atom is 0.150 e. The molecule has 0 unspecified atom stereocenters. The third-order valence-corrected chi connectivity index (χ3v) is 4.58. The Labute approximate surface area is 120 Å². The Morgan fingerprint density at radius 3 is 2.35 bits per heavy atom. The topological polar surface area (TPSA) is 52.5 Å². The van der Waals surface area contributed by atoms with Crippen molar-refractivity contribution in [3.05, 3.63) is 18.1 Å². The molecule has 0 spiro atoms. The summed E-state index contributed by atoms with van der Waals surface area (Å²) in [7, 11) is 2.18. The number of hydrogen-bond acceptors (Lipinski definition) is 5. The Kier molecular flexibility index (Phi) is 4.17. The first-order valence-corrected chi connectivity index (χ1v) is 7.66. The second-order valence-electron chi connectivity index (χ2n) is 6.06. The first kappa shape index (κ1) is 13.8. The number of anilines is 1. The fourth-order valence-electron chi connectivity index (χ4n) is 3.23. The molecule has 0 amide bonds. The van der Waals surface area contributed by atoms with Crippen molar-refractivity contribution in [3.63, 3.8) is 0 Å². The molecule has 0 saturated carbocycles. The molecular weight excluding hydrogens is 252 g/mol. The lowest BCUT2D eigenvalue weighted by atomic mass is 9.93. The van der Waals surface area contributed by atoms with Crippen LogP contribution in [0.2, 0.25) is 0 Å². The zero-order chi connectivity index (χ0) is 13.9. The molecule has 110 valence electrons. The summed E-state index contributed by atoms with van der Waals surface area (Å²) in [4.78, 5) is 13.9. The molecule has 2 saturated heterocycles. The lowest BCUT2D eigenvalue weighted by molar-refractivity contribution is 0.145. The maximum atomic E-state index is 9.65. The second-order valence-corrected chi connectivity index (χ2v) is 6.06. The van der Waals surface area contributed by atoms with Gasteiger partial charge in [-0.1, -0.05) is 0 Å². The minimum absolute atomic E-state index is 0.144. The largest absolute Gasteiger partial charge is 0.393 e. The predicted molar refractivity (Wildman–Crippen MR) is 79.0 cm³/mol. The molecule has 2 aliphatic heterocycles. The smallest absolute Gasteiger partial charge is 0.150 e. The van der Waals surface area contributed by atoms with E-state index in [-0.39, 0.29) is 6.10 Å². The molecule has 1 N–H and O–H groups in total. The lowest BCUT2D eigenvalue weighted by Gasteiger charge is -2.34. The van der Waals surface area contributed by atoms with Crippen LogP contribution in [-0.2, 0) is 0 Å². The molecule has 5 heteroatoms. The minimum atomic E-state index is -0.144. The van der Waals surface area contributed by atoms with E-state index >= 15 is 0 Å². The maximum absolute atomic E-state index is 9.65.